The first kappa shape index (κ1) is 13.5. The molecular formula is C11H14ClN5O3. The summed E-state index contributed by atoms with van der Waals surface area (Å²) in [7, 11) is 0. The lowest BCUT2D eigenvalue weighted by atomic mass is 10.1. The van der Waals surface area contributed by atoms with Crippen LogP contribution in [-0.4, -0.2) is 53.7 Å². The molecular weight excluding hydrogens is 286 g/mol. The van der Waals surface area contributed by atoms with E-state index in [1.807, 2.05) is 0 Å². The van der Waals surface area contributed by atoms with E-state index >= 15 is 0 Å². The minimum absolute atomic E-state index is 0.0102. The number of halogens is 1. The number of fused-ring (bicyclic) bond motifs is 1. The number of aliphatic hydroxyl groups is 3. The van der Waals surface area contributed by atoms with Gasteiger partial charge in [-0.25, -0.2) is 4.98 Å². The van der Waals surface area contributed by atoms with E-state index in [0.29, 0.717) is 17.6 Å². The SMILES string of the molecule is Nc1nc(Cl)c2ncn(C3CC(CO)C(O)C3O)c2n1. The molecule has 1 aliphatic carbocycles. The van der Waals surface area contributed by atoms with Gasteiger partial charge in [0.15, 0.2) is 10.8 Å². The zero-order valence-electron chi connectivity index (χ0n) is 10.4. The van der Waals surface area contributed by atoms with Crippen molar-refractivity contribution in [3.05, 3.63) is 11.5 Å². The monoisotopic (exact) mass is 299 g/mol. The summed E-state index contributed by atoms with van der Waals surface area (Å²) in [6, 6.07) is -0.447. The third-order valence-corrected chi connectivity index (χ3v) is 4.02. The minimum atomic E-state index is -1.01. The molecule has 4 unspecified atom stereocenters. The molecule has 0 amide bonds. The molecule has 2 aromatic heterocycles. The number of hydrogen-bond acceptors (Lipinski definition) is 7. The third kappa shape index (κ3) is 1.92. The van der Waals surface area contributed by atoms with E-state index < -0.39 is 18.2 Å². The standard InChI is InChI=1S/C11H14ClN5O3/c12-9-6-10(16-11(13)15-9)17(3-14-6)5-1-4(2-18)7(19)8(5)20/h3-5,7-8,18-20H,1-2H2,(H2,13,15,16). The fraction of sp³-hybridized carbons (Fsp3) is 0.545. The smallest absolute Gasteiger partial charge is 0.223 e. The van der Waals surface area contributed by atoms with Crippen molar-refractivity contribution in [1.82, 2.24) is 19.5 Å². The Balaban J connectivity index is 2.07. The topological polar surface area (TPSA) is 130 Å². The van der Waals surface area contributed by atoms with Crippen molar-refractivity contribution in [2.24, 2.45) is 5.92 Å². The van der Waals surface area contributed by atoms with Gasteiger partial charge in [-0.3, -0.25) is 0 Å². The Labute approximate surface area is 118 Å². The summed E-state index contributed by atoms with van der Waals surface area (Å²) >= 11 is 5.94. The highest BCUT2D eigenvalue weighted by Gasteiger charge is 2.42. The molecule has 8 nitrogen and oxygen atoms in total. The van der Waals surface area contributed by atoms with Crippen molar-refractivity contribution in [2.75, 3.05) is 12.3 Å². The van der Waals surface area contributed by atoms with Gasteiger partial charge in [0.05, 0.1) is 18.5 Å². The van der Waals surface area contributed by atoms with Gasteiger partial charge < -0.3 is 25.6 Å². The highest BCUT2D eigenvalue weighted by molar-refractivity contribution is 6.33. The number of rotatable bonds is 2. The molecule has 0 saturated heterocycles. The Morgan fingerprint density at radius 1 is 1.35 bits per heavy atom. The molecule has 108 valence electrons. The lowest BCUT2D eigenvalue weighted by Crippen LogP contribution is -2.30. The van der Waals surface area contributed by atoms with Crippen LogP contribution in [0.1, 0.15) is 12.5 Å². The number of aromatic nitrogens is 4. The molecule has 0 bridgehead atoms. The fourth-order valence-corrected chi connectivity index (χ4v) is 2.92. The van der Waals surface area contributed by atoms with Crippen LogP contribution in [0, 0.1) is 5.92 Å². The van der Waals surface area contributed by atoms with Gasteiger partial charge in [0, 0.05) is 12.5 Å². The normalized spacial score (nSPS) is 30.2. The number of nitrogens with zero attached hydrogens (tertiary/aromatic N) is 4. The first-order chi connectivity index (χ1) is 9.52. The largest absolute Gasteiger partial charge is 0.396 e. The molecule has 2 heterocycles. The summed E-state index contributed by atoms with van der Waals surface area (Å²) in [5.41, 5.74) is 6.35. The van der Waals surface area contributed by atoms with E-state index in [2.05, 4.69) is 15.0 Å². The Morgan fingerprint density at radius 3 is 2.75 bits per heavy atom. The van der Waals surface area contributed by atoms with Gasteiger partial charge >= 0.3 is 0 Å². The van der Waals surface area contributed by atoms with Crippen LogP contribution >= 0.6 is 11.6 Å². The van der Waals surface area contributed by atoms with Crippen LogP contribution in [0.25, 0.3) is 11.2 Å². The first-order valence-electron chi connectivity index (χ1n) is 6.15. The molecule has 1 saturated carbocycles. The molecule has 4 atom stereocenters. The molecule has 3 rings (SSSR count). The lowest BCUT2D eigenvalue weighted by molar-refractivity contribution is -0.00370. The molecule has 0 aromatic carbocycles. The van der Waals surface area contributed by atoms with Crippen LogP contribution in [0.4, 0.5) is 5.95 Å². The van der Waals surface area contributed by atoms with Crippen LogP contribution in [0.5, 0.6) is 0 Å². The van der Waals surface area contributed by atoms with Gasteiger partial charge in [-0.2, -0.15) is 9.97 Å². The quantitative estimate of drug-likeness (QED) is 0.541. The number of nitrogens with two attached hydrogens (primary N) is 1. The van der Waals surface area contributed by atoms with Gasteiger partial charge in [0.25, 0.3) is 0 Å². The molecule has 0 aliphatic heterocycles. The number of anilines is 1. The Bertz CT molecular complexity index is 648. The van der Waals surface area contributed by atoms with E-state index in [1.165, 1.54) is 6.33 Å². The molecule has 0 radical (unpaired) electrons. The van der Waals surface area contributed by atoms with Crippen LogP contribution < -0.4 is 5.73 Å². The van der Waals surface area contributed by atoms with Crippen molar-refractivity contribution in [3.8, 4) is 0 Å². The summed E-state index contributed by atoms with van der Waals surface area (Å²) in [5, 5.41) is 29.3. The van der Waals surface area contributed by atoms with Crippen molar-refractivity contribution < 1.29 is 15.3 Å². The predicted molar refractivity (Wildman–Crippen MR) is 71.0 cm³/mol. The minimum Gasteiger partial charge on any atom is -0.396 e. The Hall–Kier alpha value is -1.48. The van der Waals surface area contributed by atoms with Gasteiger partial charge in [0.2, 0.25) is 5.95 Å². The van der Waals surface area contributed by atoms with Crippen LogP contribution in [0.15, 0.2) is 6.33 Å². The average molecular weight is 300 g/mol. The average Bonchev–Trinajstić information content (AvgIpc) is 2.93. The van der Waals surface area contributed by atoms with Crippen molar-refractivity contribution >= 4 is 28.7 Å². The third-order valence-electron chi connectivity index (χ3n) is 3.76. The van der Waals surface area contributed by atoms with Gasteiger partial charge in [0.1, 0.15) is 11.6 Å². The van der Waals surface area contributed by atoms with Crippen molar-refractivity contribution in [2.45, 2.75) is 24.7 Å². The van der Waals surface area contributed by atoms with Crippen LogP contribution in [-0.2, 0) is 0 Å². The van der Waals surface area contributed by atoms with Crippen LogP contribution in [0.3, 0.4) is 0 Å². The summed E-state index contributed by atoms with van der Waals surface area (Å²) in [6.07, 6.45) is -0.117. The number of imidazole rings is 1. The number of aliphatic hydroxyl groups excluding tert-OH is 3. The van der Waals surface area contributed by atoms with E-state index in [-0.39, 0.29) is 23.6 Å². The number of hydrogen-bond donors (Lipinski definition) is 4. The summed E-state index contributed by atoms with van der Waals surface area (Å²) in [4.78, 5) is 12.0. The molecule has 0 spiro atoms. The molecule has 2 aromatic rings. The second kappa shape index (κ2) is 4.81. The lowest BCUT2D eigenvalue weighted by Gasteiger charge is -2.18. The maximum atomic E-state index is 10.1. The summed E-state index contributed by atoms with van der Waals surface area (Å²) in [5.74, 6) is -0.377. The first-order valence-corrected chi connectivity index (χ1v) is 6.53. The van der Waals surface area contributed by atoms with E-state index in [1.54, 1.807) is 4.57 Å². The zero-order chi connectivity index (χ0) is 14.4. The summed E-state index contributed by atoms with van der Waals surface area (Å²) in [6.45, 7) is -0.195. The van der Waals surface area contributed by atoms with Crippen molar-refractivity contribution in [3.63, 3.8) is 0 Å². The Kier molecular flexibility index (Phi) is 3.25. The van der Waals surface area contributed by atoms with Gasteiger partial charge in [-0.1, -0.05) is 11.6 Å². The summed E-state index contributed by atoms with van der Waals surface area (Å²) < 4.78 is 1.61. The highest BCUT2D eigenvalue weighted by atomic mass is 35.5. The van der Waals surface area contributed by atoms with Crippen LogP contribution in [0.2, 0.25) is 5.15 Å². The molecule has 20 heavy (non-hydrogen) atoms. The molecule has 1 aliphatic rings. The molecule has 5 N–H and O–H groups in total. The van der Waals surface area contributed by atoms with Crippen molar-refractivity contribution in [1.29, 1.82) is 0 Å². The maximum Gasteiger partial charge on any atom is 0.223 e. The second-order valence-corrected chi connectivity index (χ2v) is 5.28. The van der Waals surface area contributed by atoms with E-state index in [0.717, 1.165) is 0 Å². The second-order valence-electron chi connectivity index (χ2n) is 4.92. The molecule has 9 heteroatoms. The Morgan fingerprint density at radius 2 is 2.10 bits per heavy atom. The zero-order valence-corrected chi connectivity index (χ0v) is 11.1. The van der Waals surface area contributed by atoms with E-state index in [4.69, 9.17) is 17.3 Å². The predicted octanol–water partition coefficient (Wildman–Crippen LogP) is -0.663. The van der Waals surface area contributed by atoms with E-state index in [9.17, 15) is 15.3 Å². The van der Waals surface area contributed by atoms with Gasteiger partial charge in [-0.05, 0) is 6.42 Å². The van der Waals surface area contributed by atoms with Gasteiger partial charge in [-0.15, -0.1) is 0 Å². The molecule has 1 fully saturated rings. The maximum absolute atomic E-state index is 10.1. The number of nitrogen functional groups attached to an aromatic ring is 1. The highest BCUT2D eigenvalue weighted by Crippen LogP contribution is 2.37. The fourth-order valence-electron chi connectivity index (χ4n) is 2.70.